The predicted molar refractivity (Wildman–Crippen MR) is 129 cm³/mol. The van der Waals surface area contributed by atoms with Crippen LogP contribution in [-0.4, -0.2) is 47.3 Å². The Labute approximate surface area is 200 Å². The molecule has 1 atom stereocenters. The Hall–Kier alpha value is -3.61. The first-order valence-electron chi connectivity index (χ1n) is 11.6. The van der Waals surface area contributed by atoms with Crippen LogP contribution in [0.15, 0.2) is 48.5 Å². The summed E-state index contributed by atoms with van der Waals surface area (Å²) in [4.78, 5) is 26.9. The number of hydrogen-bond acceptors (Lipinski definition) is 5. The number of rotatable bonds is 7. The van der Waals surface area contributed by atoms with Crippen molar-refractivity contribution in [2.45, 2.75) is 45.6 Å². The van der Waals surface area contributed by atoms with Gasteiger partial charge >= 0.3 is 5.97 Å². The predicted octanol–water partition coefficient (Wildman–Crippen LogP) is 4.58. The Morgan fingerprint density at radius 2 is 1.85 bits per heavy atom. The van der Waals surface area contributed by atoms with Crippen molar-refractivity contribution in [1.29, 1.82) is 0 Å². The van der Waals surface area contributed by atoms with Gasteiger partial charge in [-0.15, -0.1) is 0 Å². The number of ether oxygens (including phenoxy) is 2. The fourth-order valence-electron chi connectivity index (χ4n) is 4.73. The molecule has 34 heavy (non-hydrogen) atoms. The second kappa shape index (κ2) is 10.1. The smallest absolute Gasteiger partial charge is 0.305 e. The molecule has 2 aromatic carbocycles. The largest absolute Gasteiger partial charge is 0.497 e. The van der Waals surface area contributed by atoms with Gasteiger partial charge in [0.1, 0.15) is 5.75 Å². The maximum atomic E-state index is 13.4. The van der Waals surface area contributed by atoms with Gasteiger partial charge in [0.2, 0.25) is 0 Å². The van der Waals surface area contributed by atoms with Crippen LogP contribution in [0.4, 0.5) is 0 Å². The molecule has 4 rings (SSSR count). The van der Waals surface area contributed by atoms with Gasteiger partial charge in [-0.2, -0.15) is 5.10 Å². The van der Waals surface area contributed by atoms with Crippen LogP contribution in [0.25, 0.3) is 5.69 Å². The molecule has 1 aromatic heterocycles. The van der Waals surface area contributed by atoms with E-state index < -0.39 is 0 Å². The van der Waals surface area contributed by atoms with Gasteiger partial charge in [-0.25, -0.2) is 4.68 Å². The maximum Gasteiger partial charge on any atom is 0.305 e. The van der Waals surface area contributed by atoms with Crippen LogP contribution in [0.5, 0.6) is 5.75 Å². The fourth-order valence-corrected chi connectivity index (χ4v) is 4.73. The SMILES string of the molecule is COC(=O)CCc1c(C)nn(-c2ccc(C(=O)N3CCCC3c3cccc(OC)c3)cc2)c1C. The lowest BCUT2D eigenvalue weighted by atomic mass is 10.0. The molecule has 1 fully saturated rings. The number of benzene rings is 2. The minimum absolute atomic E-state index is 0.0315. The van der Waals surface area contributed by atoms with Gasteiger partial charge in [0.15, 0.2) is 0 Å². The van der Waals surface area contributed by atoms with Gasteiger partial charge in [-0.1, -0.05) is 12.1 Å². The highest BCUT2D eigenvalue weighted by molar-refractivity contribution is 5.95. The Bertz CT molecular complexity index is 1180. The Balaban J connectivity index is 1.52. The molecule has 1 amide bonds. The molecular weight excluding hydrogens is 430 g/mol. The zero-order valence-electron chi connectivity index (χ0n) is 20.2. The molecule has 1 unspecified atom stereocenters. The van der Waals surface area contributed by atoms with Gasteiger partial charge in [-0.05, 0) is 80.6 Å². The van der Waals surface area contributed by atoms with Crippen LogP contribution in [0.3, 0.4) is 0 Å². The molecule has 3 aromatic rings. The summed E-state index contributed by atoms with van der Waals surface area (Å²) in [6.07, 6.45) is 2.83. The van der Waals surface area contributed by atoms with E-state index in [9.17, 15) is 9.59 Å². The topological polar surface area (TPSA) is 73.7 Å². The zero-order chi connectivity index (χ0) is 24.2. The van der Waals surface area contributed by atoms with Crippen LogP contribution < -0.4 is 4.74 Å². The first-order chi connectivity index (χ1) is 16.4. The van der Waals surface area contributed by atoms with Gasteiger partial charge in [0, 0.05) is 24.2 Å². The van der Waals surface area contributed by atoms with Gasteiger partial charge in [-0.3, -0.25) is 9.59 Å². The van der Waals surface area contributed by atoms with E-state index in [0.717, 1.165) is 53.3 Å². The van der Waals surface area contributed by atoms with Crippen molar-refractivity contribution in [2.75, 3.05) is 20.8 Å². The second-order valence-electron chi connectivity index (χ2n) is 8.62. The van der Waals surface area contributed by atoms with Crippen molar-refractivity contribution in [3.8, 4) is 11.4 Å². The van der Waals surface area contributed by atoms with Crippen molar-refractivity contribution in [3.05, 3.63) is 76.6 Å². The summed E-state index contributed by atoms with van der Waals surface area (Å²) in [5, 5.41) is 4.66. The number of hydrogen-bond donors (Lipinski definition) is 0. The van der Waals surface area contributed by atoms with E-state index >= 15 is 0 Å². The van der Waals surface area contributed by atoms with E-state index in [2.05, 4.69) is 11.2 Å². The first-order valence-corrected chi connectivity index (χ1v) is 11.6. The van der Waals surface area contributed by atoms with Crippen molar-refractivity contribution in [3.63, 3.8) is 0 Å². The molecule has 0 N–H and O–H groups in total. The van der Waals surface area contributed by atoms with Crippen LogP contribution in [-0.2, 0) is 16.0 Å². The lowest BCUT2D eigenvalue weighted by molar-refractivity contribution is -0.140. The first kappa shape index (κ1) is 23.5. The number of methoxy groups -OCH3 is 2. The number of nitrogens with zero attached hydrogens (tertiary/aromatic N) is 3. The number of carbonyl (C=O) groups is 2. The van der Waals surface area contributed by atoms with Gasteiger partial charge in [0.25, 0.3) is 5.91 Å². The van der Waals surface area contributed by atoms with Crippen molar-refractivity contribution >= 4 is 11.9 Å². The Morgan fingerprint density at radius 3 is 2.56 bits per heavy atom. The third-order valence-electron chi connectivity index (χ3n) is 6.60. The average Bonchev–Trinajstić information content (AvgIpc) is 3.47. The van der Waals surface area contributed by atoms with Crippen molar-refractivity contribution in [2.24, 2.45) is 0 Å². The average molecular weight is 462 g/mol. The second-order valence-corrected chi connectivity index (χ2v) is 8.62. The Morgan fingerprint density at radius 1 is 1.09 bits per heavy atom. The molecular formula is C27H31N3O4. The third kappa shape index (κ3) is 4.69. The van der Waals surface area contributed by atoms with Crippen LogP contribution in [0.1, 0.15) is 58.2 Å². The third-order valence-corrected chi connectivity index (χ3v) is 6.60. The van der Waals surface area contributed by atoms with Crippen molar-refractivity contribution < 1.29 is 19.1 Å². The maximum absolute atomic E-state index is 13.4. The molecule has 1 aliphatic rings. The highest BCUT2D eigenvalue weighted by Crippen LogP contribution is 2.34. The standard InChI is InChI=1S/C27H31N3O4/c1-18-24(14-15-26(31)34-4)19(2)30(28-18)22-12-10-20(11-13-22)27(32)29-16-6-9-25(29)21-7-5-8-23(17-21)33-3/h5,7-8,10-13,17,25H,6,9,14-16H2,1-4H3. The van der Waals surface area contributed by atoms with Gasteiger partial charge < -0.3 is 14.4 Å². The molecule has 0 saturated carbocycles. The molecule has 0 spiro atoms. The molecule has 0 radical (unpaired) electrons. The summed E-state index contributed by atoms with van der Waals surface area (Å²) in [5.41, 5.74) is 5.56. The minimum atomic E-state index is -0.233. The van der Waals surface area contributed by atoms with Crippen LogP contribution >= 0.6 is 0 Å². The molecule has 7 heteroatoms. The van der Waals surface area contributed by atoms with E-state index in [-0.39, 0.29) is 17.9 Å². The summed E-state index contributed by atoms with van der Waals surface area (Å²) in [6, 6.07) is 15.6. The summed E-state index contributed by atoms with van der Waals surface area (Å²) < 4.78 is 12.0. The number of amides is 1. The molecule has 7 nitrogen and oxygen atoms in total. The van der Waals surface area contributed by atoms with Crippen molar-refractivity contribution in [1.82, 2.24) is 14.7 Å². The summed E-state index contributed by atoms with van der Waals surface area (Å²) in [6.45, 7) is 4.68. The highest BCUT2D eigenvalue weighted by Gasteiger charge is 2.30. The molecule has 1 saturated heterocycles. The molecule has 2 heterocycles. The number of likely N-dealkylation sites (tertiary alicyclic amines) is 1. The quantitative estimate of drug-likeness (QED) is 0.482. The molecule has 1 aliphatic heterocycles. The van der Waals surface area contributed by atoms with E-state index in [4.69, 9.17) is 9.47 Å². The van der Waals surface area contributed by atoms with E-state index in [1.165, 1.54) is 7.11 Å². The van der Waals surface area contributed by atoms with E-state index in [0.29, 0.717) is 18.4 Å². The Kier molecular flexibility index (Phi) is 7.01. The lowest BCUT2D eigenvalue weighted by Gasteiger charge is -2.25. The van der Waals surface area contributed by atoms with Gasteiger partial charge in [0.05, 0.1) is 31.6 Å². The van der Waals surface area contributed by atoms with Crippen LogP contribution in [0, 0.1) is 13.8 Å². The van der Waals surface area contributed by atoms with Crippen LogP contribution in [0.2, 0.25) is 0 Å². The molecule has 0 bridgehead atoms. The van der Waals surface area contributed by atoms with E-state index in [1.54, 1.807) is 7.11 Å². The summed E-state index contributed by atoms with van der Waals surface area (Å²) in [7, 11) is 3.05. The monoisotopic (exact) mass is 461 g/mol. The summed E-state index contributed by atoms with van der Waals surface area (Å²) >= 11 is 0. The summed E-state index contributed by atoms with van der Waals surface area (Å²) in [5.74, 6) is 0.601. The number of carbonyl (C=O) groups excluding carboxylic acids is 2. The zero-order valence-corrected chi connectivity index (χ0v) is 20.2. The normalized spacial score (nSPS) is 15.4. The fraction of sp³-hybridized carbons (Fsp3) is 0.370. The van der Waals surface area contributed by atoms with E-state index in [1.807, 2.05) is 65.9 Å². The molecule has 0 aliphatic carbocycles. The molecule has 178 valence electrons. The number of aromatic nitrogens is 2. The highest BCUT2D eigenvalue weighted by atomic mass is 16.5. The number of aryl methyl sites for hydroxylation is 1. The number of esters is 1. The minimum Gasteiger partial charge on any atom is -0.497 e. The lowest BCUT2D eigenvalue weighted by Crippen LogP contribution is -2.30.